The first-order valence-electron chi connectivity index (χ1n) is 6.89. The number of rotatable bonds is 4. The van der Waals surface area contributed by atoms with E-state index in [-0.39, 0.29) is 11.6 Å². The fourth-order valence-electron chi connectivity index (χ4n) is 2.12. The van der Waals surface area contributed by atoms with E-state index in [1.165, 1.54) is 11.3 Å². The summed E-state index contributed by atoms with van der Waals surface area (Å²) in [5.41, 5.74) is 13.7. The summed E-state index contributed by atoms with van der Waals surface area (Å²) < 4.78 is 5.09. The zero-order valence-electron chi connectivity index (χ0n) is 12.4. The highest BCUT2D eigenvalue weighted by Crippen LogP contribution is 2.31. The van der Waals surface area contributed by atoms with Gasteiger partial charge in [-0.05, 0) is 48.5 Å². The third-order valence-electron chi connectivity index (χ3n) is 3.37. The Hall–Kier alpha value is -2.86. The first kappa shape index (κ1) is 15.1. The molecule has 0 spiro atoms. The van der Waals surface area contributed by atoms with Crippen LogP contribution in [0.25, 0.3) is 10.6 Å². The number of hydrogen-bond acceptors (Lipinski definition) is 6. The Labute approximate surface area is 137 Å². The number of ether oxygens (including phenoxy) is 1. The molecule has 3 aromatic rings. The third-order valence-corrected chi connectivity index (χ3v) is 4.49. The van der Waals surface area contributed by atoms with E-state index in [9.17, 15) is 4.79 Å². The van der Waals surface area contributed by atoms with Gasteiger partial charge >= 0.3 is 0 Å². The van der Waals surface area contributed by atoms with Gasteiger partial charge in [-0.3, -0.25) is 4.79 Å². The molecule has 3 rings (SSSR count). The smallest absolute Gasteiger partial charge is 0.206 e. The molecule has 0 atom stereocenters. The van der Waals surface area contributed by atoms with E-state index in [4.69, 9.17) is 16.2 Å². The lowest BCUT2D eigenvalue weighted by Gasteiger charge is -2.01. The predicted octanol–water partition coefficient (Wildman–Crippen LogP) is 3.21. The van der Waals surface area contributed by atoms with Crippen molar-refractivity contribution in [2.24, 2.45) is 0 Å². The minimum atomic E-state index is -0.149. The molecule has 1 aromatic heterocycles. The van der Waals surface area contributed by atoms with Crippen LogP contribution in [0.4, 0.5) is 11.5 Å². The quantitative estimate of drug-likeness (QED) is 0.568. The summed E-state index contributed by atoms with van der Waals surface area (Å²) >= 11 is 1.27. The molecule has 0 radical (unpaired) electrons. The van der Waals surface area contributed by atoms with Crippen molar-refractivity contribution in [1.82, 2.24) is 4.98 Å². The van der Waals surface area contributed by atoms with Crippen molar-refractivity contribution in [1.29, 1.82) is 0 Å². The SMILES string of the molecule is COc1ccc(C(=O)c2sc(-c3ccc(N)cc3)nc2N)cc1. The maximum Gasteiger partial charge on any atom is 0.206 e. The van der Waals surface area contributed by atoms with E-state index in [0.29, 0.717) is 26.9 Å². The average Bonchev–Trinajstić information content (AvgIpc) is 2.96. The minimum Gasteiger partial charge on any atom is -0.497 e. The van der Waals surface area contributed by atoms with Gasteiger partial charge in [-0.1, -0.05) is 0 Å². The molecule has 23 heavy (non-hydrogen) atoms. The second-order valence-electron chi connectivity index (χ2n) is 4.91. The molecule has 6 heteroatoms. The highest BCUT2D eigenvalue weighted by Gasteiger charge is 2.18. The second-order valence-corrected chi connectivity index (χ2v) is 5.91. The largest absolute Gasteiger partial charge is 0.497 e. The van der Waals surface area contributed by atoms with Crippen molar-refractivity contribution < 1.29 is 9.53 Å². The zero-order valence-corrected chi connectivity index (χ0v) is 13.3. The molecule has 1 heterocycles. The first-order chi connectivity index (χ1) is 11.1. The maximum absolute atomic E-state index is 12.6. The molecule has 0 aliphatic heterocycles. The summed E-state index contributed by atoms with van der Waals surface area (Å²) in [7, 11) is 1.58. The molecule has 0 aliphatic rings. The number of benzene rings is 2. The Kier molecular flexibility index (Phi) is 3.99. The van der Waals surface area contributed by atoms with Crippen LogP contribution in [-0.4, -0.2) is 17.9 Å². The second kappa shape index (κ2) is 6.10. The summed E-state index contributed by atoms with van der Waals surface area (Å²) in [5, 5.41) is 0.694. The molecule has 2 aromatic carbocycles. The van der Waals surface area contributed by atoms with E-state index in [1.54, 1.807) is 43.5 Å². The molecule has 0 aliphatic carbocycles. The molecule has 0 unspecified atom stereocenters. The van der Waals surface area contributed by atoms with Gasteiger partial charge in [-0.2, -0.15) is 0 Å². The van der Waals surface area contributed by atoms with Crippen LogP contribution in [0.1, 0.15) is 15.2 Å². The molecule has 0 bridgehead atoms. The van der Waals surface area contributed by atoms with E-state index in [1.807, 2.05) is 12.1 Å². The maximum atomic E-state index is 12.6. The van der Waals surface area contributed by atoms with Gasteiger partial charge < -0.3 is 16.2 Å². The average molecular weight is 325 g/mol. The number of anilines is 2. The number of aromatic nitrogens is 1. The Balaban J connectivity index is 1.93. The molecular weight excluding hydrogens is 310 g/mol. The van der Waals surface area contributed by atoms with E-state index in [2.05, 4.69) is 4.98 Å². The van der Waals surface area contributed by atoms with Crippen LogP contribution in [0, 0.1) is 0 Å². The molecule has 0 saturated carbocycles. The standard InChI is InChI=1S/C17H15N3O2S/c1-22-13-8-4-10(5-9-13)14(21)15-16(19)20-17(23-15)11-2-6-12(18)7-3-11/h2-9H,18-19H2,1H3. The van der Waals surface area contributed by atoms with Gasteiger partial charge in [0.1, 0.15) is 21.5 Å². The summed E-state index contributed by atoms with van der Waals surface area (Å²) in [4.78, 5) is 17.3. The fourth-order valence-corrected chi connectivity index (χ4v) is 3.07. The van der Waals surface area contributed by atoms with Crippen molar-refractivity contribution in [3.8, 4) is 16.3 Å². The Morgan fingerprint density at radius 1 is 1.04 bits per heavy atom. The van der Waals surface area contributed by atoms with Crippen molar-refractivity contribution in [3.63, 3.8) is 0 Å². The van der Waals surface area contributed by atoms with Crippen molar-refractivity contribution in [2.45, 2.75) is 0 Å². The highest BCUT2D eigenvalue weighted by molar-refractivity contribution is 7.17. The summed E-state index contributed by atoms with van der Waals surface area (Å²) in [6.07, 6.45) is 0. The van der Waals surface area contributed by atoms with Crippen molar-refractivity contribution >= 4 is 28.6 Å². The topological polar surface area (TPSA) is 91.2 Å². The number of carbonyl (C=O) groups is 1. The number of thiazole rings is 1. The molecular formula is C17H15N3O2S. The van der Waals surface area contributed by atoms with Gasteiger partial charge in [0.15, 0.2) is 0 Å². The predicted molar refractivity (Wildman–Crippen MR) is 92.8 cm³/mol. The van der Waals surface area contributed by atoms with Gasteiger partial charge in [0.2, 0.25) is 5.78 Å². The number of nitrogens with two attached hydrogens (primary N) is 2. The number of nitrogens with zero attached hydrogens (tertiary/aromatic N) is 1. The number of methoxy groups -OCH3 is 1. The van der Waals surface area contributed by atoms with Gasteiger partial charge in [0.25, 0.3) is 0 Å². The Bertz CT molecular complexity index is 839. The molecule has 0 fully saturated rings. The molecule has 0 amide bonds. The summed E-state index contributed by atoms with van der Waals surface area (Å²) in [6.45, 7) is 0. The fraction of sp³-hybridized carbons (Fsp3) is 0.0588. The van der Waals surface area contributed by atoms with Crippen LogP contribution in [-0.2, 0) is 0 Å². The van der Waals surface area contributed by atoms with E-state index < -0.39 is 0 Å². The van der Waals surface area contributed by atoms with Crippen LogP contribution in [0.5, 0.6) is 5.75 Å². The van der Waals surface area contributed by atoms with Crippen LogP contribution in [0.3, 0.4) is 0 Å². The summed E-state index contributed by atoms with van der Waals surface area (Å²) in [6, 6.07) is 14.2. The molecule has 116 valence electrons. The first-order valence-corrected chi connectivity index (χ1v) is 7.71. The lowest BCUT2D eigenvalue weighted by atomic mass is 10.1. The molecule has 4 N–H and O–H groups in total. The Morgan fingerprint density at radius 3 is 2.30 bits per heavy atom. The van der Waals surface area contributed by atoms with Crippen molar-refractivity contribution in [3.05, 3.63) is 59.0 Å². The number of nitrogen functional groups attached to an aromatic ring is 2. The Morgan fingerprint density at radius 2 is 1.70 bits per heavy atom. The number of carbonyl (C=O) groups excluding carboxylic acids is 1. The molecule has 0 saturated heterocycles. The van der Waals surface area contributed by atoms with Gasteiger partial charge in [0, 0.05) is 16.8 Å². The summed E-state index contributed by atoms with van der Waals surface area (Å²) in [5.74, 6) is 0.786. The third kappa shape index (κ3) is 3.02. The van der Waals surface area contributed by atoms with E-state index in [0.717, 1.165) is 5.56 Å². The van der Waals surface area contributed by atoms with E-state index >= 15 is 0 Å². The lowest BCUT2D eigenvalue weighted by molar-refractivity contribution is 0.104. The monoisotopic (exact) mass is 325 g/mol. The normalized spacial score (nSPS) is 10.5. The zero-order chi connectivity index (χ0) is 16.4. The van der Waals surface area contributed by atoms with Gasteiger partial charge in [-0.15, -0.1) is 11.3 Å². The minimum absolute atomic E-state index is 0.149. The van der Waals surface area contributed by atoms with Crippen LogP contribution in [0.2, 0.25) is 0 Å². The number of hydrogen-bond donors (Lipinski definition) is 2. The van der Waals surface area contributed by atoms with Crippen LogP contribution >= 0.6 is 11.3 Å². The number of ketones is 1. The van der Waals surface area contributed by atoms with Gasteiger partial charge in [0.05, 0.1) is 7.11 Å². The van der Waals surface area contributed by atoms with Crippen molar-refractivity contribution in [2.75, 3.05) is 18.6 Å². The lowest BCUT2D eigenvalue weighted by Crippen LogP contribution is -2.02. The van der Waals surface area contributed by atoms with Gasteiger partial charge in [-0.25, -0.2) is 4.98 Å². The van der Waals surface area contributed by atoms with Crippen LogP contribution in [0.15, 0.2) is 48.5 Å². The highest BCUT2D eigenvalue weighted by atomic mass is 32.1. The van der Waals surface area contributed by atoms with Crippen LogP contribution < -0.4 is 16.2 Å². The molecule has 5 nitrogen and oxygen atoms in total.